The number of likely N-dealkylation sites (tertiary alicyclic amines) is 1. The van der Waals surface area contributed by atoms with Crippen molar-refractivity contribution in [2.45, 2.75) is 18.8 Å². The Morgan fingerprint density at radius 1 is 1.37 bits per heavy atom. The fraction of sp³-hybridized carbons (Fsp3) is 0.556. The van der Waals surface area contributed by atoms with E-state index in [1.54, 1.807) is 6.07 Å². The molecule has 3 atom stereocenters. The molecule has 0 radical (unpaired) electrons. The molecule has 1 aromatic rings. The molecule has 0 amide bonds. The summed E-state index contributed by atoms with van der Waals surface area (Å²) in [4.78, 5) is 11.2. The van der Waals surface area contributed by atoms with Crippen molar-refractivity contribution in [3.63, 3.8) is 0 Å². The third kappa shape index (κ3) is 7.24. The molecule has 8 nitrogen and oxygen atoms in total. The number of carboxylic acids is 1. The Labute approximate surface area is 172 Å². The minimum Gasteiger partial charge on any atom is -0.475 e. The maximum absolute atomic E-state index is 11.5. The second kappa shape index (κ2) is 9.74. The zero-order chi connectivity index (χ0) is 22.5. The smallest absolute Gasteiger partial charge is 0.475 e. The lowest BCUT2D eigenvalue weighted by molar-refractivity contribution is -0.192. The summed E-state index contributed by atoms with van der Waals surface area (Å²) < 4.78 is 63.1. The molecule has 1 aromatic carbocycles. The quantitative estimate of drug-likeness (QED) is 0.709. The summed E-state index contributed by atoms with van der Waals surface area (Å²) >= 11 is 0. The Bertz CT molecular complexity index is 901. The van der Waals surface area contributed by atoms with Crippen molar-refractivity contribution in [1.29, 1.82) is 5.26 Å². The Kier molecular flexibility index (Phi) is 7.81. The first-order valence-corrected chi connectivity index (χ1v) is 10.8. The Hall–Kier alpha value is -2.20. The first-order valence-electron chi connectivity index (χ1n) is 8.95. The molecule has 0 aliphatic carbocycles. The van der Waals surface area contributed by atoms with Crippen LogP contribution in [0.25, 0.3) is 0 Å². The zero-order valence-electron chi connectivity index (χ0n) is 16.1. The zero-order valence-corrected chi connectivity index (χ0v) is 16.9. The van der Waals surface area contributed by atoms with Gasteiger partial charge >= 0.3 is 12.1 Å². The lowest BCUT2D eigenvalue weighted by atomic mass is 9.88. The van der Waals surface area contributed by atoms with Gasteiger partial charge in [-0.3, -0.25) is 4.90 Å². The van der Waals surface area contributed by atoms with Crippen LogP contribution in [-0.2, 0) is 26.1 Å². The molecule has 0 saturated carbocycles. The van der Waals surface area contributed by atoms with Gasteiger partial charge < -0.3 is 9.84 Å². The van der Waals surface area contributed by atoms with Crippen LogP contribution in [0.2, 0.25) is 0 Å². The van der Waals surface area contributed by atoms with E-state index < -0.39 is 22.2 Å². The molecular weight excluding hydrogens is 427 g/mol. The van der Waals surface area contributed by atoms with Crippen LogP contribution in [0.3, 0.4) is 0 Å². The molecule has 0 bridgehead atoms. The molecule has 2 heterocycles. The van der Waals surface area contributed by atoms with E-state index in [9.17, 15) is 21.6 Å². The second-order valence-electron chi connectivity index (χ2n) is 7.27. The molecule has 2 saturated heterocycles. The van der Waals surface area contributed by atoms with Crippen molar-refractivity contribution >= 4 is 16.0 Å². The van der Waals surface area contributed by atoms with Crippen LogP contribution in [0, 0.1) is 23.2 Å². The van der Waals surface area contributed by atoms with Crippen molar-refractivity contribution in [3.8, 4) is 6.07 Å². The lowest BCUT2D eigenvalue weighted by Gasteiger charge is -2.32. The number of ether oxygens (including phenoxy) is 1. The van der Waals surface area contributed by atoms with Gasteiger partial charge in [-0.05, 0) is 23.6 Å². The van der Waals surface area contributed by atoms with E-state index >= 15 is 0 Å². The maximum Gasteiger partial charge on any atom is 0.490 e. The third-order valence-electron chi connectivity index (χ3n) is 4.78. The third-order valence-corrected chi connectivity index (χ3v) is 5.51. The number of rotatable bonds is 4. The number of fused-ring (bicyclic) bond motifs is 1. The van der Waals surface area contributed by atoms with Crippen LogP contribution in [0.15, 0.2) is 24.3 Å². The molecule has 12 heteroatoms. The number of alkyl halides is 3. The predicted octanol–water partition coefficient (Wildman–Crippen LogP) is 1.19. The highest BCUT2D eigenvalue weighted by atomic mass is 32.2. The first kappa shape index (κ1) is 24.1. The Morgan fingerprint density at radius 2 is 2.03 bits per heavy atom. The average molecular weight is 449 g/mol. The van der Waals surface area contributed by atoms with Gasteiger partial charge in [0.25, 0.3) is 0 Å². The number of benzene rings is 1. The largest absolute Gasteiger partial charge is 0.490 e. The van der Waals surface area contributed by atoms with E-state index in [0.717, 1.165) is 25.2 Å². The highest BCUT2D eigenvalue weighted by Crippen LogP contribution is 2.31. The standard InChI is InChI=1S/C16H21N3O3S.C2HF3O2/c1-23(20,21)18-16-11-22-10-14-8-19(9-15(14)16)7-13-4-2-3-12(5-13)6-17;3-2(4,5)1(6)7/h2-5,14-16,18H,7-11H2,1H3;(H,6,7)/t14-,15-,16+;/m0./s1. The SMILES string of the molecule is CS(=O)(=O)N[C@@H]1COC[C@@H]2CN(Cc3cccc(C#N)c3)C[C@@H]21.O=C(O)C(F)(F)F. The van der Waals surface area contributed by atoms with E-state index in [0.29, 0.717) is 24.7 Å². The number of hydrogen-bond acceptors (Lipinski definition) is 6. The summed E-state index contributed by atoms with van der Waals surface area (Å²) in [6.07, 6.45) is -3.89. The molecule has 2 N–H and O–H groups in total. The molecule has 0 unspecified atom stereocenters. The van der Waals surface area contributed by atoms with Crippen LogP contribution in [-0.4, -0.2) is 69.2 Å². The van der Waals surface area contributed by atoms with E-state index in [-0.39, 0.29) is 12.0 Å². The molecule has 0 aromatic heterocycles. The molecule has 2 aliphatic heterocycles. The highest BCUT2D eigenvalue weighted by Gasteiger charge is 2.41. The number of nitrogens with zero attached hydrogens (tertiary/aromatic N) is 2. The highest BCUT2D eigenvalue weighted by molar-refractivity contribution is 7.88. The number of aliphatic carboxylic acids is 1. The number of halogens is 3. The fourth-order valence-electron chi connectivity index (χ4n) is 3.61. The number of sulfonamides is 1. The van der Waals surface area contributed by atoms with Crippen molar-refractivity contribution < 1.29 is 36.2 Å². The number of carboxylic acid groups (broad SMARTS) is 1. The number of hydrogen-bond donors (Lipinski definition) is 2. The molecule has 2 aliphatic rings. The number of nitrogens with one attached hydrogen (secondary N) is 1. The van der Waals surface area contributed by atoms with E-state index in [2.05, 4.69) is 15.7 Å². The van der Waals surface area contributed by atoms with Gasteiger partial charge in [0, 0.05) is 31.6 Å². The van der Waals surface area contributed by atoms with Gasteiger partial charge in [0.1, 0.15) is 0 Å². The van der Waals surface area contributed by atoms with Gasteiger partial charge in [0.15, 0.2) is 0 Å². The van der Waals surface area contributed by atoms with Crippen molar-refractivity contribution in [3.05, 3.63) is 35.4 Å². The summed E-state index contributed by atoms with van der Waals surface area (Å²) in [5, 5.41) is 16.1. The molecule has 30 heavy (non-hydrogen) atoms. The van der Waals surface area contributed by atoms with Crippen LogP contribution < -0.4 is 4.72 Å². The number of carbonyl (C=O) groups is 1. The van der Waals surface area contributed by atoms with Gasteiger partial charge in [-0.15, -0.1) is 0 Å². The minimum absolute atomic E-state index is 0.154. The van der Waals surface area contributed by atoms with Crippen LogP contribution >= 0.6 is 0 Å². The Morgan fingerprint density at radius 3 is 2.60 bits per heavy atom. The summed E-state index contributed by atoms with van der Waals surface area (Å²) in [7, 11) is -3.23. The first-order chi connectivity index (χ1) is 13.9. The van der Waals surface area contributed by atoms with Crippen molar-refractivity contribution in [2.75, 3.05) is 32.6 Å². The van der Waals surface area contributed by atoms with E-state index in [4.69, 9.17) is 19.9 Å². The van der Waals surface area contributed by atoms with E-state index in [1.165, 1.54) is 6.26 Å². The summed E-state index contributed by atoms with van der Waals surface area (Å²) in [6.45, 7) is 3.63. The molecule has 166 valence electrons. The summed E-state index contributed by atoms with van der Waals surface area (Å²) in [5.41, 5.74) is 1.77. The monoisotopic (exact) mass is 449 g/mol. The van der Waals surface area contributed by atoms with Gasteiger partial charge in [-0.25, -0.2) is 17.9 Å². The van der Waals surface area contributed by atoms with E-state index in [1.807, 2.05) is 18.2 Å². The van der Waals surface area contributed by atoms with Crippen LogP contribution in [0.4, 0.5) is 13.2 Å². The molecule has 0 spiro atoms. The Balaban J connectivity index is 0.000000396. The van der Waals surface area contributed by atoms with Gasteiger partial charge in [0.05, 0.1) is 31.1 Å². The van der Waals surface area contributed by atoms with Gasteiger partial charge in [0.2, 0.25) is 10.0 Å². The average Bonchev–Trinajstić information content (AvgIpc) is 3.04. The second-order valence-corrected chi connectivity index (χ2v) is 9.05. The molecular formula is C18H22F3N3O5S. The van der Waals surface area contributed by atoms with Gasteiger partial charge in [-0.2, -0.15) is 18.4 Å². The van der Waals surface area contributed by atoms with Crippen LogP contribution in [0.5, 0.6) is 0 Å². The molecule has 2 fully saturated rings. The normalized spacial score (nSPS) is 24.3. The predicted molar refractivity (Wildman–Crippen MR) is 99.7 cm³/mol. The minimum atomic E-state index is -5.08. The van der Waals surface area contributed by atoms with Crippen LogP contribution in [0.1, 0.15) is 11.1 Å². The van der Waals surface area contributed by atoms with Gasteiger partial charge in [-0.1, -0.05) is 12.1 Å². The maximum atomic E-state index is 11.5. The lowest BCUT2D eigenvalue weighted by Crippen LogP contribution is -2.49. The molecule has 3 rings (SSSR count). The number of nitriles is 1. The topological polar surface area (TPSA) is 120 Å². The van der Waals surface area contributed by atoms with Crippen molar-refractivity contribution in [1.82, 2.24) is 9.62 Å². The summed E-state index contributed by atoms with van der Waals surface area (Å²) in [6, 6.07) is 9.63. The summed E-state index contributed by atoms with van der Waals surface area (Å²) in [5.74, 6) is -2.13. The van der Waals surface area contributed by atoms with Crippen molar-refractivity contribution in [2.24, 2.45) is 11.8 Å². The fourth-order valence-corrected chi connectivity index (χ4v) is 4.41.